The fourth-order valence-electron chi connectivity index (χ4n) is 2.98. The van der Waals surface area contributed by atoms with Gasteiger partial charge < -0.3 is 14.9 Å². The largest absolute Gasteiger partial charge is 0.508 e. The van der Waals surface area contributed by atoms with E-state index in [0.717, 1.165) is 36.8 Å². The van der Waals surface area contributed by atoms with Crippen LogP contribution in [0.25, 0.3) is 0 Å². The Kier molecular flexibility index (Phi) is 6.87. The molecule has 0 bridgehead atoms. The highest BCUT2D eigenvalue weighted by atomic mass is 16.5. The number of ketones is 1. The number of phenolic OH excluding ortho intramolecular Hbond substituents is 2. The highest BCUT2D eigenvalue weighted by Crippen LogP contribution is 2.36. The second-order valence-corrected chi connectivity index (χ2v) is 6.27. The Morgan fingerprint density at radius 2 is 1.72 bits per heavy atom. The van der Waals surface area contributed by atoms with Gasteiger partial charge in [-0.15, -0.1) is 0 Å². The normalized spacial score (nSPS) is 10.6. The number of ether oxygens (including phenoxy) is 1. The third kappa shape index (κ3) is 4.99. The number of carbonyl (C=O) groups is 1. The molecule has 2 aromatic carbocycles. The number of hydrogen-bond acceptors (Lipinski definition) is 4. The van der Waals surface area contributed by atoms with Crippen LogP contribution in [0.15, 0.2) is 36.4 Å². The van der Waals surface area contributed by atoms with Gasteiger partial charge in [0.25, 0.3) is 0 Å². The predicted molar refractivity (Wildman–Crippen MR) is 98.6 cm³/mol. The maximum atomic E-state index is 12.2. The van der Waals surface area contributed by atoms with Crippen LogP contribution in [0.3, 0.4) is 0 Å². The van der Waals surface area contributed by atoms with Crippen LogP contribution in [0.4, 0.5) is 0 Å². The number of Topliss-reactive ketones (excluding diaryl/α,β-unsaturated/α-hetero) is 1. The summed E-state index contributed by atoms with van der Waals surface area (Å²) in [6.07, 6.45) is 4.72. The highest BCUT2D eigenvalue weighted by Gasteiger charge is 2.12. The van der Waals surface area contributed by atoms with Crippen LogP contribution in [0.2, 0.25) is 0 Å². The van der Waals surface area contributed by atoms with E-state index in [1.54, 1.807) is 6.07 Å². The summed E-state index contributed by atoms with van der Waals surface area (Å²) in [5.74, 6) is 0.670. The number of aromatic hydroxyl groups is 2. The molecule has 2 rings (SSSR count). The van der Waals surface area contributed by atoms with Crippen LogP contribution in [-0.2, 0) is 6.42 Å². The van der Waals surface area contributed by atoms with Gasteiger partial charge in [0.1, 0.15) is 5.75 Å². The molecule has 0 amide bonds. The Hall–Kier alpha value is -2.49. The minimum Gasteiger partial charge on any atom is -0.508 e. The fraction of sp³-hybridized carbons (Fsp3) is 0.381. The molecule has 0 aliphatic carbocycles. The smallest absolute Gasteiger partial charge is 0.164 e. The van der Waals surface area contributed by atoms with E-state index < -0.39 is 0 Å². The lowest BCUT2D eigenvalue weighted by molar-refractivity contribution is 0.0978. The zero-order chi connectivity index (χ0) is 18.2. The summed E-state index contributed by atoms with van der Waals surface area (Å²) in [6.45, 7) is 1.96. The molecule has 25 heavy (non-hydrogen) atoms. The van der Waals surface area contributed by atoms with Crippen molar-refractivity contribution in [2.75, 3.05) is 7.11 Å². The van der Waals surface area contributed by atoms with Crippen LogP contribution >= 0.6 is 0 Å². The third-order valence-corrected chi connectivity index (χ3v) is 4.47. The maximum Gasteiger partial charge on any atom is 0.164 e. The molecule has 0 atom stereocenters. The lowest BCUT2D eigenvalue weighted by Gasteiger charge is -2.10. The summed E-state index contributed by atoms with van der Waals surface area (Å²) in [4.78, 5) is 12.2. The molecule has 0 radical (unpaired) electrons. The highest BCUT2D eigenvalue weighted by molar-refractivity contribution is 5.97. The minimum absolute atomic E-state index is 0.0113. The summed E-state index contributed by atoms with van der Waals surface area (Å²) in [5, 5.41) is 19.9. The van der Waals surface area contributed by atoms with E-state index in [2.05, 4.69) is 0 Å². The second kappa shape index (κ2) is 9.11. The number of rotatable bonds is 9. The van der Waals surface area contributed by atoms with Gasteiger partial charge in [0.2, 0.25) is 0 Å². The average Bonchev–Trinajstić information content (AvgIpc) is 2.60. The van der Waals surface area contributed by atoms with E-state index in [9.17, 15) is 15.0 Å². The van der Waals surface area contributed by atoms with E-state index in [0.29, 0.717) is 24.2 Å². The Bertz CT molecular complexity index is 722. The zero-order valence-electron chi connectivity index (χ0n) is 14.9. The standard InChI is InChI=1S/C21H26O4/c1-15-9-7-8-10-16(15)18(22)12-6-4-3-5-11-17-19(23)13-14-20(25-2)21(17)24/h7-10,13-14,23-24H,3-6,11-12H2,1-2H3. The third-order valence-electron chi connectivity index (χ3n) is 4.47. The lowest BCUT2D eigenvalue weighted by Crippen LogP contribution is -2.01. The van der Waals surface area contributed by atoms with Crippen molar-refractivity contribution in [1.82, 2.24) is 0 Å². The molecule has 0 aliphatic rings. The van der Waals surface area contributed by atoms with Crippen LogP contribution in [0, 0.1) is 6.92 Å². The van der Waals surface area contributed by atoms with E-state index in [-0.39, 0.29) is 17.3 Å². The van der Waals surface area contributed by atoms with Crippen molar-refractivity contribution in [1.29, 1.82) is 0 Å². The lowest BCUT2D eigenvalue weighted by atomic mass is 9.99. The topological polar surface area (TPSA) is 66.8 Å². The first-order valence-corrected chi connectivity index (χ1v) is 8.71. The number of aryl methyl sites for hydroxylation is 1. The molecule has 4 nitrogen and oxygen atoms in total. The number of unbranched alkanes of at least 4 members (excludes halogenated alkanes) is 3. The van der Waals surface area contributed by atoms with Crippen LogP contribution in [-0.4, -0.2) is 23.1 Å². The Balaban J connectivity index is 1.74. The van der Waals surface area contributed by atoms with Crippen molar-refractivity contribution in [3.8, 4) is 17.2 Å². The summed E-state index contributed by atoms with van der Waals surface area (Å²) < 4.78 is 5.06. The van der Waals surface area contributed by atoms with Crippen LogP contribution in [0.5, 0.6) is 17.2 Å². The van der Waals surface area contributed by atoms with Crippen LogP contribution < -0.4 is 4.74 Å². The molecular weight excluding hydrogens is 316 g/mol. The summed E-state index contributed by atoms with van der Waals surface area (Å²) in [7, 11) is 1.49. The van der Waals surface area contributed by atoms with E-state index in [4.69, 9.17) is 4.74 Å². The monoisotopic (exact) mass is 342 g/mol. The molecule has 0 aromatic heterocycles. The van der Waals surface area contributed by atoms with Crippen molar-refractivity contribution in [3.05, 3.63) is 53.1 Å². The van der Waals surface area contributed by atoms with E-state index in [1.165, 1.54) is 13.2 Å². The number of phenols is 2. The molecule has 0 unspecified atom stereocenters. The van der Waals surface area contributed by atoms with Gasteiger partial charge >= 0.3 is 0 Å². The summed E-state index contributed by atoms with van der Waals surface area (Å²) in [5.41, 5.74) is 2.36. The second-order valence-electron chi connectivity index (χ2n) is 6.27. The van der Waals surface area contributed by atoms with Gasteiger partial charge in [-0.1, -0.05) is 37.1 Å². The van der Waals surface area contributed by atoms with Gasteiger partial charge in [0, 0.05) is 17.5 Å². The van der Waals surface area contributed by atoms with Gasteiger partial charge in [-0.2, -0.15) is 0 Å². The van der Waals surface area contributed by atoms with Crippen molar-refractivity contribution in [3.63, 3.8) is 0 Å². The minimum atomic E-state index is 0.0113. The molecule has 0 fully saturated rings. The molecule has 0 saturated carbocycles. The van der Waals surface area contributed by atoms with Crippen molar-refractivity contribution in [2.24, 2.45) is 0 Å². The Morgan fingerprint density at radius 1 is 1.00 bits per heavy atom. The van der Waals surface area contributed by atoms with Crippen molar-refractivity contribution >= 4 is 5.78 Å². The molecule has 2 N–H and O–H groups in total. The first-order valence-electron chi connectivity index (χ1n) is 8.71. The molecule has 0 aliphatic heterocycles. The van der Waals surface area contributed by atoms with Crippen molar-refractivity contribution < 1.29 is 19.7 Å². The SMILES string of the molecule is COc1ccc(O)c(CCCCCCC(=O)c2ccccc2C)c1O. The number of carbonyl (C=O) groups excluding carboxylic acids is 1. The Morgan fingerprint density at radius 3 is 2.44 bits per heavy atom. The van der Waals surface area contributed by atoms with Gasteiger partial charge in [-0.3, -0.25) is 4.79 Å². The fourth-order valence-corrected chi connectivity index (χ4v) is 2.98. The molecule has 0 saturated heterocycles. The molecular formula is C21H26O4. The number of benzene rings is 2. The first-order chi connectivity index (χ1) is 12.0. The van der Waals surface area contributed by atoms with Gasteiger partial charge in [0.15, 0.2) is 17.3 Å². The van der Waals surface area contributed by atoms with Gasteiger partial charge in [0.05, 0.1) is 7.11 Å². The quantitative estimate of drug-likeness (QED) is 0.508. The average molecular weight is 342 g/mol. The summed E-state index contributed by atoms with van der Waals surface area (Å²) in [6, 6.07) is 10.8. The maximum absolute atomic E-state index is 12.2. The number of hydrogen-bond donors (Lipinski definition) is 2. The molecule has 4 heteroatoms. The first kappa shape index (κ1) is 18.8. The summed E-state index contributed by atoms with van der Waals surface area (Å²) >= 11 is 0. The molecule has 0 heterocycles. The van der Waals surface area contributed by atoms with E-state index in [1.807, 2.05) is 31.2 Å². The molecule has 2 aromatic rings. The predicted octanol–water partition coefficient (Wildman–Crippen LogP) is 4.79. The number of methoxy groups -OCH3 is 1. The van der Waals surface area contributed by atoms with Crippen LogP contribution in [0.1, 0.15) is 53.6 Å². The Labute approximate surface area is 149 Å². The van der Waals surface area contributed by atoms with Gasteiger partial charge in [-0.25, -0.2) is 0 Å². The van der Waals surface area contributed by atoms with E-state index >= 15 is 0 Å². The molecule has 0 spiro atoms. The van der Waals surface area contributed by atoms with Crippen molar-refractivity contribution in [2.45, 2.75) is 45.4 Å². The van der Waals surface area contributed by atoms with Gasteiger partial charge in [-0.05, 0) is 43.9 Å². The molecule has 134 valence electrons. The zero-order valence-corrected chi connectivity index (χ0v) is 14.9.